The van der Waals surface area contributed by atoms with Crippen LogP contribution in [0.4, 0.5) is 5.69 Å². The second-order valence-electron chi connectivity index (χ2n) is 4.84. The van der Waals surface area contributed by atoms with Crippen molar-refractivity contribution in [2.75, 3.05) is 17.3 Å². The zero-order valence-electron chi connectivity index (χ0n) is 12.6. The van der Waals surface area contributed by atoms with E-state index in [4.69, 9.17) is 0 Å². The maximum absolute atomic E-state index is 12.0. The van der Waals surface area contributed by atoms with Gasteiger partial charge in [-0.1, -0.05) is 12.1 Å². The van der Waals surface area contributed by atoms with Crippen LogP contribution in [0.3, 0.4) is 0 Å². The van der Waals surface area contributed by atoms with Crippen LogP contribution in [0.2, 0.25) is 0 Å². The second-order valence-corrected chi connectivity index (χ2v) is 7.83. The number of aromatic nitrogens is 1. The van der Waals surface area contributed by atoms with Crippen LogP contribution in [0.1, 0.15) is 5.01 Å². The molecule has 1 N–H and O–H groups in total. The van der Waals surface area contributed by atoms with Gasteiger partial charge < -0.3 is 5.32 Å². The summed E-state index contributed by atoms with van der Waals surface area (Å²) < 4.78 is 1.20. The molecular formula is C17H16N2OS3. The fraction of sp³-hybridized carbons (Fsp3) is 0.176. The van der Waals surface area contributed by atoms with Crippen molar-refractivity contribution in [3.8, 4) is 0 Å². The molecule has 0 bridgehead atoms. The van der Waals surface area contributed by atoms with Gasteiger partial charge in [0, 0.05) is 16.3 Å². The van der Waals surface area contributed by atoms with Crippen molar-refractivity contribution in [3.05, 3.63) is 53.5 Å². The Kier molecular flexibility index (Phi) is 5.59. The third-order valence-corrected chi connectivity index (χ3v) is 6.08. The fourth-order valence-corrected chi connectivity index (χ4v) is 4.34. The van der Waals surface area contributed by atoms with E-state index in [0.717, 1.165) is 22.0 Å². The van der Waals surface area contributed by atoms with E-state index in [0.29, 0.717) is 5.75 Å². The number of hydrogen-bond donors (Lipinski definition) is 1. The molecule has 0 saturated carbocycles. The molecule has 0 radical (unpaired) electrons. The molecular weight excluding hydrogens is 344 g/mol. The molecule has 3 nitrogen and oxygen atoms in total. The lowest BCUT2D eigenvalue weighted by molar-refractivity contribution is -0.113. The number of amides is 1. The molecule has 2 aromatic carbocycles. The molecule has 6 heteroatoms. The number of anilines is 1. The molecule has 0 aliphatic rings. The van der Waals surface area contributed by atoms with Gasteiger partial charge in [0.25, 0.3) is 0 Å². The average Bonchev–Trinajstić information content (AvgIpc) is 2.98. The first-order valence-corrected chi connectivity index (χ1v) is 10.3. The Morgan fingerprint density at radius 3 is 2.70 bits per heavy atom. The van der Waals surface area contributed by atoms with Gasteiger partial charge in [-0.2, -0.15) is 0 Å². The molecule has 0 atom stereocenters. The Balaban J connectivity index is 1.48. The highest BCUT2D eigenvalue weighted by Crippen LogP contribution is 2.25. The van der Waals surface area contributed by atoms with Gasteiger partial charge in [0.15, 0.2) is 0 Å². The van der Waals surface area contributed by atoms with Crippen molar-refractivity contribution in [1.82, 2.24) is 4.98 Å². The number of para-hydroxylation sites is 1. The maximum Gasteiger partial charge on any atom is 0.234 e. The maximum atomic E-state index is 12.0. The number of carbonyl (C=O) groups is 1. The van der Waals surface area contributed by atoms with Gasteiger partial charge in [0.05, 0.1) is 16.0 Å². The lowest BCUT2D eigenvalue weighted by atomic mass is 10.3. The number of thioether (sulfide) groups is 2. The molecule has 0 saturated heterocycles. The van der Waals surface area contributed by atoms with Gasteiger partial charge in [0.2, 0.25) is 5.91 Å². The summed E-state index contributed by atoms with van der Waals surface area (Å²) in [6, 6.07) is 16.0. The summed E-state index contributed by atoms with van der Waals surface area (Å²) in [7, 11) is 0. The van der Waals surface area contributed by atoms with Crippen LogP contribution in [-0.2, 0) is 10.5 Å². The fourth-order valence-electron chi connectivity index (χ4n) is 2.08. The molecule has 1 heterocycles. The first-order valence-electron chi connectivity index (χ1n) is 7.11. The topological polar surface area (TPSA) is 42.0 Å². The Hall–Kier alpha value is -1.50. The summed E-state index contributed by atoms with van der Waals surface area (Å²) in [6.45, 7) is 0. The molecule has 118 valence electrons. The standard InChI is InChI=1S/C17H16N2OS3/c1-21-13-8-6-12(7-9-13)18-16(20)10-22-11-17-19-14-4-2-3-5-15(14)23-17/h2-9H,10-11H2,1H3,(H,18,20). The molecule has 1 amide bonds. The summed E-state index contributed by atoms with van der Waals surface area (Å²) in [5.41, 5.74) is 1.87. The zero-order chi connectivity index (χ0) is 16.1. The van der Waals surface area contributed by atoms with Crippen LogP contribution in [0.5, 0.6) is 0 Å². The molecule has 0 aliphatic carbocycles. The second kappa shape index (κ2) is 7.86. The quantitative estimate of drug-likeness (QED) is 0.636. The van der Waals surface area contributed by atoms with E-state index in [1.54, 1.807) is 34.9 Å². The van der Waals surface area contributed by atoms with Gasteiger partial charge in [0.1, 0.15) is 5.01 Å². The Morgan fingerprint density at radius 1 is 1.17 bits per heavy atom. The molecule has 3 aromatic rings. The van der Waals surface area contributed by atoms with Crippen molar-refractivity contribution in [2.45, 2.75) is 10.6 Å². The van der Waals surface area contributed by atoms with E-state index in [1.165, 1.54) is 9.60 Å². The number of nitrogens with one attached hydrogen (secondary N) is 1. The predicted molar refractivity (Wildman–Crippen MR) is 103 cm³/mol. The highest BCUT2D eigenvalue weighted by atomic mass is 32.2. The molecule has 3 rings (SSSR count). The van der Waals surface area contributed by atoms with Crippen molar-refractivity contribution in [1.29, 1.82) is 0 Å². The Bertz CT molecular complexity index is 766. The lowest BCUT2D eigenvalue weighted by Crippen LogP contribution is -2.14. The summed E-state index contributed by atoms with van der Waals surface area (Å²) in [4.78, 5) is 17.7. The van der Waals surface area contributed by atoms with E-state index in [1.807, 2.05) is 48.7 Å². The lowest BCUT2D eigenvalue weighted by Gasteiger charge is -2.05. The highest BCUT2D eigenvalue weighted by molar-refractivity contribution is 7.99. The van der Waals surface area contributed by atoms with E-state index in [-0.39, 0.29) is 5.91 Å². The minimum atomic E-state index is 0.0213. The Labute approximate surface area is 147 Å². The van der Waals surface area contributed by atoms with Gasteiger partial charge in [-0.3, -0.25) is 4.79 Å². The predicted octanol–water partition coefficient (Wildman–Crippen LogP) is 4.89. The number of benzene rings is 2. The number of thiazole rings is 1. The van der Waals surface area contributed by atoms with Crippen LogP contribution in [0, 0.1) is 0 Å². The summed E-state index contributed by atoms with van der Waals surface area (Å²) >= 11 is 4.97. The largest absolute Gasteiger partial charge is 0.325 e. The normalized spacial score (nSPS) is 10.8. The van der Waals surface area contributed by atoms with Crippen molar-refractivity contribution in [3.63, 3.8) is 0 Å². The molecule has 1 aromatic heterocycles. The molecule has 0 spiro atoms. The van der Waals surface area contributed by atoms with Gasteiger partial charge in [-0.15, -0.1) is 34.9 Å². The van der Waals surface area contributed by atoms with Gasteiger partial charge >= 0.3 is 0 Å². The van der Waals surface area contributed by atoms with Gasteiger partial charge in [-0.05, 0) is 42.7 Å². The number of hydrogen-bond acceptors (Lipinski definition) is 5. The molecule has 0 unspecified atom stereocenters. The van der Waals surface area contributed by atoms with Crippen LogP contribution in [-0.4, -0.2) is 22.9 Å². The number of fused-ring (bicyclic) bond motifs is 1. The van der Waals surface area contributed by atoms with E-state index >= 15 is 0 Å². The number of rotatable bonds is 6. The minimum Gasteiger partial charge on any atom is -0.325 e. The summed E-state index contributed by atoms with van der Waals surface area (Å²) in [5.74, 6) is 1.21. The first-order chi connectivity index (χ1) is 11.2. The zero-order valence-corrected chi connectivity index (χ0v) is 15.1. The third kappa shape index (κ3) is 4.50. The first kappa shape index (κ1) is 16.4. The molecule has 0 aliphatic heterocycles. The van der Waals surface area contributed by atoms with Crippen LogP contribution < -0.4 is 5.32 Å². The number of nitrogens with zero attached hydrogens (tertiary/aromatic N) is 1. The van der Waals surface area contributed by atoms with Crippen molar-refractivity contribution < 1.29 is 4.79 Å². The number of carbonyl (C=O) groups excluding carboxylic acids is 1. The third-order valence-electron chi connectivity index (χ3n) is 3.17. The monoisotopic (exact) mass is 360 g/mol. The van der Waals surface area contributed by atoms with E-state index in [9.17, 15) is 4.79 Å². The molecule has 23 heavy (non-hydrogen) atoms. The minimum absolute atomic E-state index is 0.0213. The van der Waals surface area contributed by atoms with E-state index < -0.39 is 0 Å². The van der Waals surface area contributed by atoms with Crippen LogP contribution in [0.15, 0.2) is 53.4 Å². The average molecular weight is 361 g/mol. The van der Waals surface area contributed by atoms with Crippen LogP contribution in [0.25, 0.3) is 10.2 Å². The molecule has 0 fully saturated rings. The highest BCUT2D eigenvalue weighted by Gasteiger charge is 2.06. The van der Waals surface area contributed by atoms with E-state index in [2.05, 4.69) is 16.4 Å². The SMILES string of the molecule is CSc1ccc(NC(=O)CSCc2nc3ccccc3s2)cc1. The summed E-state index contributed by atoms with van der Waals surface area (Å²) in [6.07, 6.45) is 2.03. The van der Waals surface area contributed by atoms with Crippen molar-refractivity contribution in [2.24, 2.45) is 0 Å². The van der Waals surface area contributed by atoms with Gasteiger partial charge in [-0.25, -0.2) is 4.98 Å². The van der Waals surface area contributed by atoms with Crippen molar-refractivity contribution >= 4 is 56.7 Å². The Morgan fingerprint density at radius 2 is 1.96 bits per heavy atom. The van der Waals surface area contributed by atoms with Crippen LogP contribution >= 0.6 is 34.9 Å². The smallest absolute Gasteiger partial charge is 0.234 e. The summed E-state index contributed by atoms with van der Waals surface area (Å²) in [5, 5.41) is 3.98.